The molecule has 0 aliphatic rings. The Bertz CT molecular complexity index is 288. The van der Waals surface area contributed by atoms with Crippen molar-refractivity contribution in [2.24, 2.45) is 5.73 Å². The Morgan fingerprint density at radius 3 is 2.93 bits per heavy atom. The van der Waals surface area contributed by atoms with E-state index in [1.807, 2.05) is 23.4 Å². The van der Waals surface area contributed by atoms with E-state index in [-0.39, 0.29) is 6.04 Å². The molecule has 3 nitrogen and oxygen atoms in total. The second-order valence-electron chi connectivity index (χ2n) is 2.96. The van der Waals surface area contributed by atoms with Crippen LogP contribution >= 0.6 is 23.4 Å². The smallest absolute Gasteiger partial charge is 0.0834 e. The fourth-order valence-corrected chi connectivity index (χ4v) is 2.25. The molecule has 1 heterocycles. The van der Waals surface area contributed by atoms with Crippen LogP contribution in [0, 0.1) is 0 Å². The van der Waals surface area contributed by atoms with Crippen molar-refractivity contribution < 1.29 is 0 Å². The number of rotatable bonds is 5. The molecular weight excluding hydrogens is 218 g/mol. The first kappa shape index (κ1) is 11.9. The van der Waals surface area contributed by atoms with E-state index in [0.29, 0.717) is 5.02 Å². The molecule has 0 saturated carbocycles. The van der Waals surface area contributed by atoms with Gasteiger partial charge in [-0.25, -0.2) is 0 Å². The van der Waals surface area contributed by atoms with Crippen molar-refractivity contribution >= 4 is 23.4 Å². The molecule has 0 spiro atoms. The van der Waals surface area contributed by atoms with Crippen LogP contribution in [0.4, 0.5) is 0 Å². The van der Waals surface area contributed by atoms with E-state index in [2.05, 4.69) is 12.0 Å². The number of nitrogens with zero attached hydrogens (tertiary/aromatic N) is 2. The highest BCUT2D eigenvalue weighted by atomic mass is 35.5. The molecule has 1 atom stereocenters. The lowest BCUT2D eigenvalue weighted by molar-refractivity contribution is 0.593. The Morgan fingerprint density at radius 1 is 1.64 bits per heavy atom. The van der Waals surface area contributed by atoms with Crippen LogP contribution in [0.25, 0.3) is 0 Å². The summed E-state index contributed by atoms with van der Waals surface area (Å²) in [5.41, 5.74) is 6.99. The van der Waals surface area contributed by atoms with Crippen LogP contribution in [0.5, 0.6) is 0 Å². The highest BCUT2D eigenvalue weighted by Gasteiger charge is 2.15. The fourth-order valence-electron chi connectivity index (χ4n) is 1.32. The van der Waals surface area contributed by atoms with Gasteiger partial charge >= 0.3 is 0 Å². The minimum Gasteiger partial charge on any atom is -0.322 e. The van der Waals surface area contributed by atoms with Gasteiger partial charge in [-0.15, -0.1) is 0 Å². The van der Waals surface area contributed by atoms with Crippen LogP contribution in [0.15, 0.2) is 6.20 Å². The first-order valence-corrected chi connectivity index (χ1v) is 6.28. The maximum Gasteiger partial charge on any atom is 0.0834 e. The molecule has 0 aliphatic heterocycles. The van der Waals surface area contributed by atoms with Gasteiger partial charge in [0, 0.05) is 12.3 Å². The molecule has 0 saturated heterocycles. The van der Waals surface area contributed by atoms with Gasteiger partial charge in [0.2, 0.25) is 0 Å². The van der Waals surface area contributed by atoms with Crippen molar-refractivity contribution in [2.45, 2.75) is 26.4 Å². The van der Waals surface area contributed by atoms with E-state index in [0.717, 1.165) is 23.7 Å². The molecule has 80 valence electrons. The number of aryl methyl sites for hydroxylation is 1. The van der Waals surface area contributed by atoms with Crippen molar-refractivity contribution in [1.29, 1.82) is 0 Å². The van der Waals surface area contributed by atoms with Gasteiger partial charge in [0.05, 0.1) is 23.0 Å². The van der Waals surface area contributed by atoms with Crippen LogP contribution in [0.1, 0.15) is 25.6 Å². The van der Waals surface area contributed by atoms with E-state index in [4.69, 9.17) is 17.3 Å². The molecule has 1 aromatic rings. The van der Waals surface area contributed by atoms with Crippen LogP contribution in [0.3, 0.4) is 0 Å². The Hall–Kier alpha value is -0.190. The second kappa shape index (κ2) is 5.63. The molecule has 1 unspecified atom stereocenters. The fraction of sp³-hybridized carbons (Fsp3) is 0.667. The van der Waals surface area contributed by atoms with E-state index in [1.54, 1.807) is 6.20 Å². The van der Waals surface area contributed by atoms with E-state index < -0.39 is 0 Å². The highest BCUT2D eigenvalue weighted by molar-refractivity contribution is 7.99. The minimum absolute atomic E-state index is 0.0186. The quantitative estimate of drug-likeness (QED) is 0.849. The number of hydrogen-bond donors (Lipinski definition) is 1. The summed E-state index contributed by atoms with van der Waals surface area (Å²) in [6.07, 6.45) is 1.66. The predicted octanol–water partition coefficient (Wildman–Crippen LogP) is 2.31. The summed E-state index contributed by atoms with van der Waals surface area (Å²) < 4.78 is 1.86. The monoisotopic (exact) mass is 233 g/mol. The van der Waals surface area contributed by atoms with Gasteiger partial charge in [0.15, 0.2) is 0 Å². The van der Waals surface area contributed by atoms with Crippen molar-refractivity contribution in [3.05, 3.63) is 16.9 Å². The minimum atomic E-state index is -0.0186. The van der Waals surface area contributed by atoms with Crippen molar-refractivity contribution in [1.82, 2.24) is 9.78 Å². The molecule has 2 N–H and O–H groups in total. The molecular formula is C9H16ClN3S. The third-order valence-electron chi connectivity index (χ3n) is 1.99. The zero-order valence-electron chi connectivity index (χ0n) is 8.53. The van der Waals surface area contributed by atoms with Gasteiger partial charge in [0.25, 0.3) is 0 Å². The van der Waals surface area contributed by atoms with Gasteiger partial charge < -0.3 is 5.73 Å². The number of hydrogen-bond acceptors (Lipinski definition) is 3. The topological polar surface area (TPSA) is 43.8 Å². The Morgan fingerprint density at radius 2 is 2.36 bits per heavy atom. The zero-order chi connectivity index (χ0) is 10.6. The maximum absolute atomic E-state index is 6.04. The van der Waals surface area contributed by atoms with Gasteiger partial charge in [-0.05, 0) is 12.7 Å². The molecule has 0 aromatic carbocycles. The Kier molecular flexibility index (Phi) is 4.78. The third-order valence-corrected chi connectivity index (χ3v) is 3.28. The van der Waals surface area contributed by atoms with Gasteiger partial charge in [-0.2, -0.15) is 16.9 Å². The molecule has 0 amide bonds. The van der Waals surface area contributed by atoms with Crippen molar-refractivity contribution in [2.75, 3.05) is 11.5 Å². The number of thioether (sulfide) groups is 1. The molecule has 14 heavy (non-hydrogen) atoms. The molecule has 1 aromatic heterocycles. The lowest BCUT2D eigenvalue weighted by Gasteiger charge is -2.13. The van der Waals surface area contributed by atoms with Gasteiger partial charge in [-0.3, -0.25) is 4.68 Å². The lowest BCUT2D eigenvalue weighted by Crippen LogP contribution is -2.18. The first-order valence-electron chi connectivity index (χ1n) is 4.75. The standard InChI is InChI=1S/C9H16ClN3S/c1-3-13-9(7(10)5-12-13)8(11)6-14-4-2/h5,8H,3-4,6,11H2,1-2H3. The highest BCUT2D eigenvalue weighted by Crippen LogP contribution is 2.23. The Balaban J connectivity index is 2.76. The summed E-state index contributed by atoms with van der Waals surface area (Å²) in [5, 5.41) is 4.84. The predicted molar refractivity (Wildman–Crippen MR) is 62.8 cm³/mol. The molecule has 0 fully saturated rings. The van der Waals surface area contributed by atoms with Crippen molar-refractivity contribution in [3.8, 4) is 0 Å². The summed E-state index contributed by atoms with van der Waals surface area (Å²) in [5.74, 6) is 1.97. The average Bonchev–Trinajstić information content (AvgIpc) is 2.56. The molecule has 0 bridgehead atoms. The zero-order valence-corrected chi connectivity index (χ0v) is 10.1. The van der Waals surface area contributed by atoms with Gasteiger partial charge in [-0.1, -0.05) is 18.5 Å². The molecule has 1 rings (SSSR count). The number of nitrogens with two attached hydrogens (primary N) is 1. The molecule has 0 radical (unpaired) electrons. The largest absolute Gasteiger partial charge is 0.322 e. The summed E-state index contributed by atoms with van der Waals surface area (Å²) in [6.45, 7) is 4.97. The molecule has 0 aliphatic carbocycles. The summed E-state index contributed by atoms with van der Waals surface area (Å²) in [4.78, 5) is 0. The normalized spacial score (nSPS) is 13.1. The van der Waals surface area contributed by atoms with E-state index in [9.17, 15) is 0 Å². The average molecular weight is 234 g/mol. The van der Waals surface area contributed by atoms with Crippen LogP contribution < -0.4 is 5.73 Å². The number of halogens is 1. The molecule has 5 heteroatoms. The Labute approximate surface area is 94.0 Å². The van der Waals surface area contributed by atoms with Gasteiger partial charge in [0.1, 0.15) is 0 Å². The first-order chi connectivity index (χ1) is 6.70. The van der Waals surface area contributed by atoms with Crippen LogP contribution in [-0.2, 0) is 6.54 Å². The van der Waals surface area contributed by atoms with Crippen LogP contribution in [-0.4, -0.2) is 21.3 Å². The van der Waals surface area contributed by atoms with E-state index in [1.165, 1.54) is 0 Å². The van der Waals surface area contributed by atoms with Crippen molar-refractivity contribution in [3.63, 3.8) is 0 Å². The van der Waals surface area contributed by atoms with Crippen LogP contribution in [0.2, 0.25) is 5.02 Å². The van der Waals surface area contributed by atoms with E-state index >= 15 is 0 Å². The summed E-state index contributed by atoms with van der Waals surface area (Å²) >= 11 is 7.84. The summed E-state index contributed by atoms with van der Waals surface area (Å²) in [7, 11) is 0. The second-order valence-corrected chi connectivity index (χ2v) is 4.69. The number of aromatic nitrogens is 2. The maximum atomic E-state index is 6.04. The summed E-state index contributed by atoms with van der Waals surface area (Å²) in [6, 6.07) is -0.0186. The lowest BCUT2D eigenvalue weighted by atomic mass is 10.2. The third kappa shape index (κ3) is 2.65. The SMILES string of the molecule is CCSCC(N)c1c(Cl)cnn1CC.